The molecule has 0 saturated heterocycles. The Morgan fingerprint density at radius 2 is 2.04 bits per heavy atom. The molecule has 0 unspecified atom stereocenters. The van der Waals surface area contributed by atoms with Crippen LogP contribution in [0.5, 0.6) is 0 Å². The van der Waals surface area contributed by atoms with Gasteiger partial charge in [-0.25, -0.2) is 0 Å². The van der Waals surface area contributed by atoms with Crippen LogP contribution in [0.1, 0.15) is 56.5 Å². The van der Waals surface area contributed by atoms with Crippen molar-refractivity contribution in [2.75, 3.05) is 6.54 Å². The number of nitriles is 1. The van der Waals surface area contributed by atoms with E-state index >= 15 is 0 Å². The van der Waals surface area contributed by atoms with E-state index in [1.165, 1.54) is 0 Å². The molecule has 0 bridgehead atoms. The van der Waals surface area contributed by atoms with Gasteiger partial charge in [0.2, 0.25) is 5.91 Å². The highest BCUT2D eigenvalue weighted by atomic mass is 16.2. The molecule has 1 rings (SSSR count). The molecule has 5 nitrogen and oxygen atoms in total. The van der Waals surface area contributed by atoms with Crippen molar-refractivity contribution in [3.8, 4) is 6.07 Å². The summed E-state index contributed by atoms with van der Waals surface area (Å²) < 4.78 is 0. The molecule has 0 heterocycles. The minimum Gasteiger partial charge on any atom is -0.354 e. The number of nitrogens with zero attached hydrogens (tertiary/aromatic N) is 1. The quantitative estimate of drug-likeness (QED) is 0.811. The predicted molar refractivity (Wildman–Crippen MR) is 89.8 cm³/mol. The molecule has 0 aliphatic rings. The average Bonchev–Trinajstić information content (AvgIpc) is 2.52. The normalized spacial score (nSPS) is 12.1. The van der Waals surface area contributed by atoms with E-state index in [-0.39, 0.29) is 23.3 Å². The Hall–Kier alpha value is -2.35. The van der Waals surface area contributed by atoms with Gasteiger partial charge in [-0.1, -0.05) is 33.3 Å². The van der Waals surface area contributed by atoms with E-state index in [9.17, 15) is 9.59 Å². The van der Waals surface area contributed by atoms with Crippen LogP contribution < -0.4 is 10.6 Å². The predicted octanol–water partition coefficient (Wildman–Crippen LogP) is 2.62. The van der Waals surface area contributed by atoms with Gasteiger partial charge in [-0.2, -0.15) is 5.26 Å². The van der Waals surface area contributed by atoms with Crippen LogP contribution in [0.4, 0.5) is 0 Å². The molecule has 2 N–H and O–H groups in total. The van der Waals surface area contributed by atoms with E-state index in [0.717, 1.165) is 6.42 Å². The van der Waals surface area contributed by atoms with Crippen molar-refractivity contribution in [1.29, 1.82) is 5.26 Å². The summed E-state index contributed by atoms with van der Waals surface area (Å²) in [5.74, 6) is -0.262. The molecule has 0 aliphatic heterocycles. The fourth-order valence-electron chi connectivity index (χ4n) is 1.98. The molecular formula is C18H25N3O2. The van der Waals surface area contributed by atoms with Crippen molar-refractivity contribution >= 4 is 11.8 Å². The van der Waals surface area contributed by atoms with Crippen LogP contribution in [0.2, 0.25) is 0 Å². The van der Waals surface area contributed by atoms with Crippen molar-refractivity contribution in [1.82, 2.24) is 10.6 Å². The topological polar surface area (TPSA) is 82.0 Å². The van der Waals surface area contributed by atoms with E-state index in [4.69, 9.17) is 5.26 Å². The lowest BCUT2D eigenvalue weighted by molar-refractivity contribution is -0.123. The lowest BCUT2D eigenvalue weighted by Gasteiger charge is -2.22. The van der Waals surface area contributed by atoms with Gasteiger partial charge in [0.05, 0.1) is 11.6 Å². The molecule has 0 radical (unpaired) electrons. The second-order valence-corrected chi connectivity index (χ2v) is 6.57. The van der Waals surface area contributed by atoms with Crippen molar-refractivity contribution in [2.24, 2.45) is 5.41 Å². The molecule has 0 aliphatic carbocycles. The summed E-state index contributed by atoms with van der Waals surface area (Å²) >= 11 is 0. The van der Waals surface area contributed by atoms with Gasteiger partial charge < -0.3 is 10.6 Å². The van der Waals surface area contributed by atoms with Crippen LogP contribution in [0.15, 0.2) is 24.3 Å². The SMILES string of the molecule is CCC(C)(C)CC(=O)NC[C@H](C)NC(=O)c1cccc(C#N)c1. The summed E-state index contributed by atoms with van der Waals surface area (Å²) in [6, 6.07) is 8.34. The fraction of sp³-hybridized carbons (Fsp3) is 0.500. The summed E-state index contributed by atoms with van der Waals surface area (Å²) in [5.41, 5.74) is 0.864. The molecule has 124 valence electrons. The van der Waals surface area contributed by atoms with E-state index in [1.807, 2.05) is 13.0 Å². The Morgan fingerprint density at radius 1 is 1.35 bits per heavy atom. The molecule has 0 fully saturated rings. The van der Waals surface area contributed by atoms with Gasteiger partial charge in [0.15, 0.2) is 0 Å². The molecule has 0 saturated carbocycles. The van der Waals surface area contributed by atoms with E-state index < -0.39 is 0 Å². The van der Waals surface area contributed by atoms with Crippen LogP contribution >= 0.6 is 0 Å². The van der Waals surface area contributed by atoms with Gasteiger partial charge in [0.1, 0.15) is 0 Å². The first kappa shape index (κ1) is 18.7. The standard InChI is InChI=1S/C18H25N3O2/c1-5-18(3,4)10-16(22)20-12-13(2)21-17(23)15-8-6-7-14(9-15)11-19/h6-9,13H,5,10,12H2,1-4H3,(H,20,22)(H,21,23)/t13-/m0/s1. The van der Waals surface area contributed by atoms with Crippen molar-refractivity contribution < 1.29 is 9.59 Å². The smallest absolute Gasteiger partial charge is 0.251 e. The zero-order valence-electron chi connectivity index (χ0n) is 14.3. The number of carbonyl (C=O) groups excluding carboxylic acids is 2. The maximum atomic E-state index is 12.1. The Bertz CT molecular complexity index is 603. The number of nitrogens with one attached hydrogen (secondary N) is 2. The summed E-state index contributed by atoms with van der Waals surface area (Å²) in [6.07, 6.45) is 1.40. The second kappa shape index (κ2) is 8.33. The third-order valence-corrected chi connectivity index (χ3v) is 3.83. The highest BCUT2D eigenvalue weighted by Crippen LogP contribution is 2.23. The average molecular weight is 315 g/mol. The summed E-state index contributed by atoms with van der Waals surface area (Å²) in [5, 5.41) is 14.5. The Balaban J connectivity index is 2.47. The number of rotatable bonds is 7. The lowest BCUT2D eigenvalue weighted by atomic mass is 9.86. The van der Waals surface area contributed by atoms with Gasteiger partial charge in [0.25, 0.3) is 5.91 Å². The third-order valence-electron chi connectivity index (χ3n) is 3.83. The van der Waals surface area contributed by atoms with E-state index in [0.29, 0.717) is 24.1 Å². The molecule has 23 heavy (non-hydrogen) atoms. The summed E-state index contributed by atoms with van der Waals surface area (Å²) in [4.78, 5) is 24.0. The fourth-order valence-corrected chi connectivity index (χ4v) is 1.98. The molecule has 5 heteroatoms. The zero-order chi connectivity index (χ0) is 17.5. The van der Waals surface area contributed by atoms with Gasteiger partial charge in [-0.3, -0.25) is 9.59 Å². The van der Waals surface area contributed by atoms with Gasteiger partial charge >= 0.3 is 0 Å². The minimum absolute atomic E-state index is 0.00979. The number of hydrogen-bond acceptors (Lipinski definition) is 3. The van der Waals surface area contributed by atoms with Crippen LogP contribution in [0, 0.1) is 16.7 Å². The maximum Gasteiger partial charge on any atom is 0.251 e. The lowest BCUT2D eigenvalue weighted by Crippen LogP contribution is -2.42. The largest absolute Gasteiger partial charge is 0.354 e. The van der Waals surface area contributed by atoms with Crippen molar-refractivity contribution in [2.45, 2.75) is 46.6 Å². The van der Waals surface area contributed by atoms with Crippen LogP contribution in [0.25, 0.3) is 0 Å². The molecule has 2 amide bonds. The number of hydrogen-bond donors (Lipinski definition) is 2. The molecule has 0 spiro atoms. The Labute approximate surface area is 138 Å². The highest BCUT2D eigenvalue weighted by molar-refractivity contribution is 5.94. The first-order valence-corrected chi connectivity index (χ1v) is 7.85. The molecular weight excluding hydrogens is 290 g/mol. The number of amides is 2. The zero-order valence-corrected chi connectivity index (χ0v) is 14.3. The van der Waals surface area contributed by atoms with Gasteiger partial charge in [-0.05, 0) is 30.5 Å². The molecule has 0 aromatic heterocycles. The van der Waals surface area contributed by atoms with Crippen molar-refractivity contribution in [3.05, 3.63) is 35.4 Å². The molecule has 1 aromatic carbocycles. The van der Waals surface area contributed by atoms with Crippen LogP contribution in [-0.2, 0) is 4.79 Å². The Kier molecular flexibility index (Phi) is 6.77. The summed E-state index contributed by atoms with van der Waals surface area (Å²) in [6.45, 7) is 8.38. The second-order valence-electron chi connectivity index (χ2n) is 6.57. The van der Waals surface area contributed by atoms with Crippen molar-refractivity contribution in [3.63, 3.8) is 0 Å². The number of benzene rings is 1. The Morgan fingerprint density at radius 3 is 2.65 bits per heavy atom. The minimum atomic E-state index is -0.252. The molecule has 1 atom stereocenters. The van der Waals surface area contributed by atoms with Gasteiger partial charge in [0, 0.05) is 24.6 Å². The number of carbonyl (C=O) groups is 2. The summed E-state index contributed by atoms with van der Waals surface area (Å²) in [7, 11) is 0. The van der Waals surface area contributed by atoms with Gasteiger partial charge in [-0.15, -0.1) is 0 Å². The first-order valence-electron chi connectivity index (χ1n) is 7.85. The van der Waals surface area contributed by atoms with Crippen LogP contribution in [0.3, 0.4) is 0 Å². The van der Waals surface area contributed by atoms with Crippen LogP contribution in [-0.4, -0.2) is 24.4 Å². The third kappa shape index (κ3) is 6.52. The monoisotopic (exact) mass is 315 g/mol. The maximum absolute atomic E-state index is 12.1. The highest BCUT2D eigenvalue weighted by Gasteiger charge is 2.20. The van der Waals surface area contributed by atoms with E-state index in [2.05, 4.69) is 31.4 Å². The first-order chi connectivity index (χ1) is 10.8. The van der Waals surface area contributed by atoms with E-state index in [1.54, 1.807) is 24.3 Å². The molecule has 1 aromatic rings.